The van der Waals surface area contributed by atoms with Gasteiger partial charge in [0.1, 0.15) is 5.75 Å². The molecular formula is C16H20N2O2. The largest absolute Gasteiger partial charge is 0.495 e. The molecule has 1 saturated heterocycles. The molecule has 3 rings (SSSR count). The van der Waals surface area contributed by atoms with Crippen molar-refractivity contribution in [3.63, 3.8) is 0 Å². The van der Waals surface area contributed by atoms with Gasteiger partial charge in [0.2, 0.25) is 0 Å². The average molecular weight is 272 g/mol. The number of benzene rings is 1. The summed E-state index contributed by atoms with van der Waals surface area (Å²) in [7, 11) is 1.71. The second-order valence-electron chi connectivity index (χ2n) is 4.93. The van der Waals surface area contributed by atoms with Gasteiger partial charge in [0.05, 0.1) is 26.0 Å². The molecule has 0 spiro atoms. The minimum absolute atomic E-state index is 0.829. The van der Waals surface area contributed by atoms with Gasteiger partial charge in [0.15, 0.2) is 0 Å². The number of rotatable bonds is 4. The Bertz CT molecular complexity index is 559. The molecule has 0 atom stereocenters. The zero-order chi connectivity index (χ0) is 13.8. The molecule has 1 aliphatic heterocycles. The highest BCUT2D eigenvalue weighted by atomic mass is 16.5. The van der Waals surface area contributed by atoms with Crippen molar-refractivity contribution < 1.29 is 9.47 Å². The van der Waals surface area contributed by atoms with E-state index in [1.807, 2.05) is 18.2 Å². The second kappa shape index (κ2) is 6.11. The monoisotopic (exact) mass is 272 g/mol. The second-order valence-corrected chi connectivity index (χ2v) is 4.93. The van der Waals surface area contributed by atoms with Gasteiger partial charge in [-0.1, -0.05) is 12.1 Å². The summed E-state index contributed by atoms with van der Waals surface area (Å²) in [6.07, 6.45) is 2.09. The molecule has 0 bridgehead atoms. The first-order valence-electron chi connectivity index (χ1n) is 6.98. The highest BCUT2D eigenvalue weighted by Crippen LogP contribution is 2.24. The Morgan fingerprint density at radius 1 is 1.10 bits per heavy atom. The summed E-state index contributed by atoms with van der Waals surface area (Å²) in [5.41, 5.74) is 2.36. The van der Waals surface area contributed by atoms with E-state index in [2.05, 4.69) is 33.9 Å². The predicted octanol–water partition coefficient (Wildman–Crippen LogP) is 2.32. The lowest BCUT2D eigenvalue weighted by Gasteiger charge is -2.27. The summed E-state index contributed by atoms with van der Waals surface area (Å²) >= 11 is 0. The van der Waals surface area contributed by atoms with Crippen LogP contribution in [-0.4, -0.2) is 42.9 Å². The molecule has 1 aliphatic rings. The zero-order valence-electron chi connectivity index (χ0n) is 11.8. The van der Waals surface area contributed by atoms with Crippen LogP contribution in [0.2, 0.25) is 0 Å². The number of ether oxygens (including phenoxy) is 2. The Balaban J connectivity index is 1.85. The smallest absolute Gasteiger partial charge is 0.142 e. The maximum Gasteiger partial charge on any atom is 0.142 e. The lowest BCUT2D eigenvalue weighted by molar-refractivity contribution is 0.0334. The van der Waals surface area contributed by atoms with Crippen LogP contribution in [0.5, 0.6) is 5.75 Å². The SMILES string of the molecule is COc1ccccc1-n1cccc1CN1CCOCC1. The fraction of sp³-hybridized carbons (Fsp3) is 0.375. The van der Waals surface area contributed by atoms with Crippen LogP contribution >= 0.6 is 0 Å². The number of hydrogen-bond acceptors (Lipinski definition) is 3. The maximum absolute atomic E-state index is 5.46. The highest BCUT2D eigenvalue weighted by Gasteiger charge is 2.14. The minimum atomic E-state index is 0.829. The van der Waals surface area contributed by atoms with Crippen molar-refractivity contribution in [3.05, 3.63) is 48.3 Å². The fourth-order valence-electron chi connectivity index (χ4n) is 2.60. The number of para-hydroxylation sites is 2. The lowest BCUT2D eigenvalue weighted by Crippen LogP contribution is -2.36. The van der Waals surface area contributed by atoms with Crippen LogP contribution in [0.25, 0.3) is 5.69 Å². The topological polar surface area (TPSA) is 26.6 Å². The van der Waals surface area contributed by atoms with Gasteiger partial charge in [-0.25, -0.2) is 0 Å². The van der Waals surface area contributed by atoms with Crippen LogP contribution in [0, 0.1) is 0 Å². The molecule has 20 heavy (non-hydrogen) atoms. The third-order valence-electron chi connectivity index (χ3n) is 3.67. The third kappa shape index (κ3) is 2.71. The number of methoxy groups -OCH3 is 1. The molecule has 2 aromatic rings. The molecule has 2 heterocycles. The minimum Gasteiger partial charge on any atom is -0.495 e. The number of hydrogen-bond donors (Lipinski definition) is 0. The number of aromatic nitrogens is 1. The zero-order valence-corrected chi connectivity index (χ0v) is 11.8. The van der Waals surface area contributed by atoms with Crippen molar-refractivity contribution in [1.29, 1.82) is 0 Å². The van der Waals surface area contributed by atoms with E-state index in [-0.39, 0.29) is 0 Å². The van der Waals surface area contributed by atoms with Gasteiger partial charge in [-0.15, -0.1) is 0 Å². The first-order chi connectivity index (χ1) is 9.88. The quantitative estimate of drug-likeness (QED) is 0.854. The summed E-state index contributed by atoms with van der Waals surface area (Å²) in [6.45, 7) is 4.59. The normalized spacial score (nSPS) is 16.2. The van der Waals surface area contributed by atoms with Crippen LogP contribution in [0.4, 0.5) is 0 Å². The van der Waals surface area contributed by atoms with Gasteiger partial charge in [-0.3, -0.25) is 4.90 Å². The van der Waals surface area contributed by atoms with Crippen molar-refractivity contribution >= 4 is 0 Å². The van der Waals surface area contributed by atoms with Gasteiger partial charge in [0, 0.05) is 31.5 Å². The molecule has 4 nitrogen and oxygen atoms in total. The maximum atomic E-state index is 5.46. The van der Waals surface area contributed by atoms with Crippen molar-refractivity contribution in [1.82, 2.24) is 9.47 Å². The summed E-state index contributed by atoms with van der Waals surface area (Å²) in [5, 5.41) is 0. The molecule has 0 N–H and O–H groups in total. The number of nitrogens with zero attached hydrogens (tertiary/aromatic N) is 2. The predicted molar refractivity (Wildman–Crippen MR) is 78.4 cm³/mol. The molecule has 0 radical (unpaired) electrons. The first-order valence-corrected chi connectivity index (χ1v) is 6.98. The Hall–Kier alpha value is -1.78. The molecule has 106 valence electrons. The molecule has 1 aromatic carbocycles. The van der Waals surface area contributed by atoms with Crippen LogP contribution in [0.3, 0.4) is 0 Å². The molecule has 0 amide bonds. The van der Waals surface area contributed by atoms with Gasteiger partial charge < -0.3 is 14.0 Å². The van der Waals surface area contributed by atoms with Crippen LogP contribution < -0.4 is 4.74 Å². The molecule has 0 aliphatic carbocycles. The van der Waals surface area contributed by atoms with E-state index in [9.17, 15) is 0 Å². The van der Waals surface area contributed by atoms with E-state index < -0.39 is 0 Å². The summed E-state index contributed by atoms with van der Waals surface area (Å²) in [6, 6.07) is 12.4. The van der Waals surface area contributed by atoms with E-state index in [1.165, 1.54) is 5.69 Å². The van der Waals surface area contributed by atoms with E-state index in [0.29, 0.717) is 0 Å². The summed E-state index contributed by atoms with van der Waals surface area (Å²) in [5.74, 6) is 0.895. The average Bonchev–Trinajstić information content (AvgIpc) is 2.96. The molecular weight excluding hydrogens is 252 g/mol. The molecule has 1 aromatic heterocycles. The van der Waals surface area contributed by atoms with Crippen LogP contribution in [0.15, 0.2) is 42.6 Å². The molecule has 0 saturated carbocycles. The Morgan fingerprint density at radius 3 is 2.70 bits per heavy atom. The third-order valence-corrected chi connectivity index (χ3v) is 3.67. The Morgan fingerprint density at radius 2 is 1.90 bits per heavy atom. The standard InChI is InChI=1S/C16H20N2O2/c1-19-16-7-3-2-6-15(16)18-8-4-5-14(18)13-17-9-11-20-12-10-17/h2-8H,9-13H2,1H3. The van der Waals surface area contributed by atoms with E-state index in [4.69, 9.17) is 9.47 Å². The summed E-state index contributed by atoms with van der Waals surface area (Å²) < 4.78 is 13.1. The summed E-state index contributed by atoms with van der Waals surface area (Å²) in [4.78, 5) is 2.42. The van der Waals surface area contributed by atoms with Crippen molar-refractivity contribution in [3.8, 4) is 11.4 Å². The van der Waals surface area contributed by atoms with E-state index in [0.717, 1.165) is 44.3 Å². The fourth-order valence-corrected chi connectivity index (χ4v) is 2.60. The van der Waals surface area contributed by atoms with Crippen molar-refractivity contribution in [2.75, 3.05) is 33.4 Å². The van der Waals surface area contributed by atoms with Crippen LogP contribution in [0.1, 0.15) is 5.69 Å². The van der Waals surface area contributed by atoms with Gasteiger partial charge in [0.25, 0.3) is 0 Å². The van der Waals surface area contributed by atoms with Gasteiger partial charge in [-0.05, 0) is 24.3 Å². The molecule has 1 fully saturated rings. The first kappa shape index (κ1) is 13.2. The van der Waals surface area contributed by atoms with Gasteiger partial charge >= 0.3 is 0 Å². The van der Waals surface area contributed by atoms with Gasteiger partial charge in [-0.2, -0.15) is 0 Å². The van der Waals surface area contributed by atoms with Crippen LogP contribution in [-0.2, 0) is 11.3 Å². The molecule has 4 heteroatoms. The number of morpholine rings is 1. The Labute approximate surface area is 119 Å². The highest BCUT2D eigenvalue weighted by molar-refractivity contribution is 5.48. The van der Waals surface area contributed by atoms with E-state index >= 15 is 0 Å². The lowest BCUT2D eigenvalue weighted by atomic mass is 10.2. The molecule has 0 unspecified atom stereocenters. The van der Waals surface area contributed by atoms with Crippen molar-refractivity contribution in [2.45, 2.75) is 6.54 Å². The van der Waals surface area contributed by atoms with Crippen molar-refractivity contribution in [2.24, 2.45) is 0 Å². The van der Waals surface area contributed by atoms with E-state index in [1.54, 1.807) is 7.11 Å². The Kier molecular flexibility index (Phi) is 4.04.